The van der Waals surface area contributed by atoms with Crippen molar-refractivity contribution < 1.29 is 17.9 Å². The van der Waals surface area contributed by atoms with E-state index in [1.807, 2.05) is 6.07 Å². The molecule has 1 aliphatic heterocycles. The zero-order valence-electron chi connectivity index (χ0n) is 15.9. The molecule has 12 heteroatoms. The van der Waals surface area contributed by atoms with Crippen LogP contribution >= 0.6 is 34.5 Å². The normalized spacial score (nSPS) is 15.0. The topological polar surface area (TPSA) is 101 Å². The Morgan fingerprint density at radius 1 is 1.13 bits per heavy atom. The van der Waals surface area contributed by atoms with Gasteiger partial charge in [-0.3, -0.25) is 15.1 Å². The Kier molecular flexibility index (Phi) is 6.56. The van der Waals surface area contributed by atoms with Gasteiger partial charge < -0.3 is 4.74 Å². The molecule has 0 atom stereocenters. The lowest BCUT2D eigenvalue weighted by Gasteiger charge is -2.26. The van der Waals surface area contributed by atoms with Gasteiger partial charge in [0.25, 0.3) is 5.91 Å². The van der Waals surface area contributed by atoms with Crippen molar-refractivity contribution in [3.63, 3.8) is 0 Å². The first kappa shape index (κ1) is 22.1. The minimum atomic E-state index is -3.91. The number of nitrogens with zero attached hydrogens (tertiary/aromatic N) is 3. The van der Waals surface area contributed by atoms with Crippen LogP contribution in [-0.4, -0.2) is 54.9 Å². The number of ether oxygens (including phenoxy) is 1. The molecule has 0 radical (unpaired) electrons. The smallest absolute Gasteiger partial charge is 0.259 e. The van der Waals surface area contributed by atoms with Crippen LogP contribution in [0.1, 0.15) is 10.4 Å². The fourth-order valence-corrected chi connectivity index (χ4v) is 5.90. The van der Waals surface area contributed by atoms with E-state index in [0.717, 1.165) is 0 Å². The monoisotopic (exact) mass is 498 g/mol. The van der Waals surface area contributed by atoms with Gasteiger partial charge in [-0.15, -0.1) is 11.3 Å². The van der Waals surface area contributed by atoms with E-state index in [0.29, 0.717) is 29.7 Å². The molecule has 0 aliphatic carbocycles. The van der Waals surface area contributed by atoms with Crippen LogP contribution < -0.4 is 5.32 Å². The van der Waals surface area contributed by atoms with Crippen LogP contribution in [-0.2, 0) is 14.8 Å². The average Bonchev–Trinajstić information content (AvgIpc) is 3.23. The number of carbonyl (C=O) groups is 1. The largest absolute Gasteiger partial charge is 0.379 e. The van der Waals surface area contributed by atoms with Crippen molar-refractivity contribution in [2.45, 2.75) is 4.90 Å². The first-order valence-corrected chi connectivity index (χ1v) is 12.2. The second-order valence-electron chi connectivity index (χ2n) is 6.49. The quantitative estimate of drug-likeness (QED) is 0.574. The highest BCUT2D eigenvalue weighted by Gasteiger charge is 2.30. The summed E-state index contributed by atoms with van der Waals surface area (Å²) in [7, 11) is -3.91. The Morgan fingerprint density at radius 2 is 1.90 bits per heavy atom. The summed E-state index contributed by atoms with van der Waals surface area (Å²) in [6, 6.07) is 7.89. The predicted octanol–water partition coefficient (Wildman–Crippen LogP) is 3.79. The van der Waals surface area contributed by atoms with Crippen LogP contribution in [0.5, 0.6) is 0 Å². The summed E-state index contributed by atoms with van der Waals surface area (Å²) in [5.74, 6) is -0.595. The third-order valence-electron chi connectivity index (χ3n) is 4.51. The van der Waals surface area contributed by atoms with Gasteiger partial charge in [-0.05, 0) is 24.3 Å². The summed E-state index contributed by atoms with van der Waals surface area (Å²) in [5.41, 5.74) is 1.26. The number of sulfonamides is 1. The summed E-state index contributed by atoms with van der Waals surface area (Å²) in [4.78, 5) is 21.2. The number of nitrogens with one attached hydrogen (secondary N) is 1. The Balaban J connectivity index is 1.60. The molecule has 1 saturated heterocycles. The second-order valence-corrected chi connectivity index (χ2v) is 10.1. The van der Waals surface area contributed by atoms with Gasteiger partial charge in [0.05, 0.1) is 34.5 Å². The maximum Gasteiger partial charge on any atom is 0.259 e. The maximum atomic E-state index is 13.0. The van der Waals surface area contributed by atoms with Crippen LogP contribution in [0.4, 0.5) is 5.13 Å². The Labute approximate surface area is 192 Å². The van der Waals surface area contributed by atoms with Gasteiger partial charge in [-0.25, -0.2) is 13.4 Å². The number of aromatic nitrogens is 2. The number of hydrogen-bond acceptors (Lipinski definition) is 7. The lowest BCUT2D eigenvalue weighted by molar-refractivity contribution is 0.0730. The SMILES string of the molecule is O=C(Nc1nc(-c2ccccn2)cs1)c1cc(S(=O)(=O)N2CCOCC2)c(Cl)cc1Cl. The van der Waals surface area contributed by atoms with Gasteiger partial charge in [-0.2, -0.15) is 4.31 Å². The molecule has 3 aromatic rings. The van der Waals surface area contributed by atoms with E-state index in [-0.39, 0.29) is 33.6 Å². The summed E-state index contributed by atoms with van der Waals surface area (Å²) in [5, 5.41) is 4.72. The first-order chi connectivity index (χ1) is 14.9. The number of halogens is 2. The molecule has 0 bridgehead atoms. The highest BCUT2D eigenvalue weighted by atomic mass is 35.5. The van der Waals surface area contributed by atoms with Gasteiger partial charge in [-0.1, -0.05) is 29.3 Å². The minimum Gasteiger partial charge on any atom is -0.379 e. The van der Waals surface area contributed by atoms with E-state index in [2.05, 4.69) is 15.3 Å². The Morgan fingerprint density at radius 3 is 2.61 bits per heavy atom. The molecule has 3 heterocycles. The van der Waals surface area contributed by atoms with Crippen LogP contribution in [0.25, 0.3) is 11.4 Å². The van der Waals surface area contributed by atoms with Crippen LogP contribution in [0.3, 0.4) is 0 Å². The van der Waals surface area contributed by atoms with Crippen molar-refractivity contribution in [3.8, 4) is 11.4 Å². The average molecular weight is 499 g/mol. The number of carbonyl (C=O) groups excluding carboxylic acids is 1. The molecule has 1 amide bonds. The zero-order valence-corrected chi connectivity index (χ0v) is 19.1. The molecule has 31 heavy (non-hydrogen) atoms. The molecule has 8 nitrogen and oxygen atoms in total. The van der Waals surface area contributed by atoms with E-state index in [1.54, 1.807) is 23.7 Å². The third-order valence-corrected chi connectivity index (χ3v) is 7.94. The molecule has 4 rings (SSSR count). The summed E-state index contributed by atoms with van der Waals surface area (Å²) < 4.78 is 32.5. The van der Waals surface area contributed by atoms with Crippen molar-refractivity contribution in [2.75, 3.05) is 31.6 Å². The van der Waals surface area contributed by atoms with Crippen LogP contribution in [0, 0.1) is 0 Å². The number of anilines is 1. The van der Waals surface area contributed by atoms with Gasteiger partial charge in [0.15, 0.2) is 5.13 Å². The number of amides is 1. The minimum absolute atomic E-state index is 0.0208. The maximum absolute atomic E-state index is 13.0. The molecule has 1 fully saturated rings. The number of thiazole rings is 1. The highest BCUT2D eigenvalue weighted by Crippen LogP contribution is 2.32. The summed E-state index contributed by atoms with van der Waals surface area (Å²) in [6.07, 6.45) is 1.65. The molecule has 2 aromatic heterocycles. The molecular formula is C19H16Cl2N4O4S2. The first-order valence-electron chi connectivity index (χ1n) is 9.11. The van der Waals surface area contributed by atoms with Crippen LogP contribution in [0.15, 0.2) is 46.8 Å². The third kappa shape index (κ3) is 4.74. The van der Waals surface area contributed by atoms with Gasteiger partial charge in [0, 0.05) is 24.7 Å². The Bertz CT molecular complexity index is 1210. The number of hydrogen-bond donors (Lipinski definition) is 1. The van der Waals surface area contributed by atoms with Crippen molar-refractivity contribution in [3.05, 3.63) is 57.5 Å². The van der Waals surface area contributed by atoms with Gasteiger partial charge >= 0.3 is 0 Å². The van der Waals surface area contributed by atoms with Crippen LogP contribution in [0.2, 0.25) is 10.0 Å². The molecule has 1 N–H and O–H groups in total. The highest BCUT2D eigenvalue weighted by molar-refractivity contribution is 7.89. The van der Waals surface area contributed by atoms with Crippen molar-refractivity contribution in [1.29, 1.82) is 0 Å². The molecule has 162 valence electrons. The number of benzene rings is 1. The number of pyridine rings is 1. The standard InChI is InChI=1S/C19H16Cl2N4O4S2/c20-13-10-14(21)17(31(27,28)25-5-7-29-8-6-25)9-12(13)18(26)24-19-23-16(11-30-19)15-3-1-2-4-22-15/h1-4,9-11H,5-8H2,(H,23,24,26). The molecule has 0 spiro atoms. The second kappa shape index (κ2) is 9.19. The lowest BCUT2D eigenvalue weighted by Crippen LogP contribution is -2.40. The van der Waals surface area contributed by atoms with E-state index < -0.39 is 15.9 Å². The van der Waals surface area contributed by atoms with Crippen molar-refractivity contribution >= 4 is 55.6 Å². The van der Waals surface area contributed by atoms with E-state index in [4.69, 9.17) is 27.9 Å². The van der Waals surface area contributed by atoms with Gasteiger partial charge in [0.2, 0.25) is 10.0 Å². The van der Waals surface area contributed by atoms with E-state index in [9.17, 15) is 13.2 Å². The number of morpholine rings is 1. The predicted molar refractivity (Wildman–Crippen MR) is 119 cm³/mol. The molecule has 1 aliphatic rings. The molecule has 0 saturated carbocycles. The Hall–Kier alpha value is -2.08. The summed E-state index contributed by atoms with van der Waals surface area (Å²) in [6.45, 7) is 0.997. The summed E-state index contributed by atoms with van der Waals surface area (Å²) >= 11 is 13.6. The molecule has 1 aromatic carbocycles. The van der Waals surface area contributed by atoms with Crippen molar-refractivity contribution in [1.82, 2.24) is 14.3 Å². The molecular weight excluding hydrogens is 483 g/mol. The van der Waals surface area contributed by atoms with E-state index >= 15 is 0 Å². The van der Waals surface area contributed by atoms with E-state index in [1.165, 1.54) is 27.8 Å². The fourth-order valence-electron chi connectivity index (χ4n) is 2.95. The number of rotatable bonds is 5. The van der Waals surface area contributed by atoms with Gasteiger partial charge in [0.1, 0.15) is 10.6 Å². The lowest BCUT2D eigenvalue weighted by atomic mass is 10.2. The fraction of sp³-hybridized carbons (Fsp3) is 0.211. The zero-order chi connectivity index (χ0) is 22.0. The van der Waals surface area contributed by atoms with Crippen molar-refractivity contribution in [2.24, 2.45) is 0 Å². The molecule has 0 unspecified atom stereocenters.